The maximum atomic E-state index is 5.53. The number of hydrogen-bond donors (Lipinski definition) is 1. The molecule has 1 unspecified atom stereocenters. The molecule has 4 heteroatoms. The van der Waals surface area contributed by atoms with Gasteiger partial charge in [0.05, 0.1) is 6.61 Å². The second-order valence-corrected chi connectivity index (χ2v) is 5.00. The van der Waals surface area contributed by atoms with E-state index in [9.17, 15) is 0 Å². The summed E-state index contributed by atoms with van der Waals surface area (Å²) in [5.74, 6) is 0.777. The largest absolute Gasteiger partial charge is 0.381 e. The van der Waals surface area contributed by atoms with Gasteiger partial charge in [-0.15, -0.1) is 12.4 Å². The van der Waals surface area contributed by atoms with E-state index in [4.69, 9.17) is 4.74 Å². The third-order valence-corrected chi connectivity index (χ3v) is 3.73. The molecule has 0 bridgehead atoms. The number of nitrogens with zero attached hydrogens (tertiary/aromatic N) is 1. The van der Waals surface area contributed by atoms with E-state index in [1.54, 1.807) is 0 Å². The van der Waals surface area contributed by atoms with Crippen molar-refractivity contribution in [3.05, 3.63) is 0 Å². The zero-order valence-corrected chi connectivity index (χ0v) is 11.1. The first kappa shape index (κ1) is 14.2. The van der Waals surface area contributed by atoms with Crippen molar-refractivity contribution in [1.29, 1.82) is 0 Å². The molecule has 0 aliphatic carbocycles. The van der Waals surface area contributed by atoms with E-state index in [1.807, 2.05) is 0 Å². The minimum Gasteiger partial charge on any atom is -0.381 e. The molecule has 2 fully saturated rings. The van der Waals surface area contributed by atoms with Crippen LogP contribution in [0.3, 0.4) is 0 Å². The highest BCUT2D eigenvalue weighted by molar-refractivity contribution is 5.85. The van der Waals surface area contributed by atoms with Crippen LogP contribution in [0.15, 0.2) is 0 Å². The molecule has 0 radical (unpaired) electrons. The minimum absolute atomic E-state index is 0. The van der Waals surface area contributed by atoms with E-state index >= 15 is 0 Å². The molecule has 0 saturated carbocycles. The topological polar surface area (TPSA) is 24.5 Å². The number of piperidine rings is 1. The Kier molecular flexibility index (Phi) is 6.66. The summed E-state index contributed by atoms with van der Waals surface area (Å²) in [7, 11) is 2.28. The molecule has 0 aromatic rings. The second kappa shape index (κ2) is 7.49. The summed E-state index contributed by atoms with van der Waals surface area (Å²) in [6, 6.07) is 0.799. The maximum Gasteiger partial charge on any atom is 0.0506 e. The Hall–Kier alpha value is 0.170. The van der Waals surface area contributed by atoms with Crippen molar-refractivity contribution in [2.75, 3.05) is 39.9 Å². The fourth-order valence-corrected chi connectivity index (χ4v) is 2.76. The first-order valence-electron chi connectivity index (χ1n) is 6.35. The van der Waals surface area contributed by atoms with E-state index in [-0.39, 0.29) is 12.4 Å². The Morgan fingerprint density at radius 2 is 2.00 bits per heavy atom. The lowest BCUT2D eigenvalue weighted by Crippen LogP contribution is -2.43. The number of ether oxygens (including phenoxy) is 1. The van der Waals surface area contributed by atoms with Crippen LogP contribution in [-0.4, -0.2) is 50.8 Å². The number of rotatable bonds is 3. The van der Waals surface area contributed by atoms with Gasteiger partial charge in [0, 0.05) is 19.2 Å². The predicted molar refractivity (Wildman–Crippen MR) is 69.3 cm³/mol. The first-order valence-corrected chi connectivity index (χ1v) is 6.35. The minimum atomic E-state index is 0. The second-order valence-electron chi connectivity index (χ2n) is 5.00. The van der Waals surface area contributed by atoms with Gasteiger partial charge in [0.2, 0.25) is 0 Å². The molecule has 2 heterocycles. The summed E-state index contributed by atoms with van der Waals surface area (Å²) in [4.78, 5) is 2.56. The molecule has 96 valence electrons. The Morgan fingerprint density at radius 1 is 1.25 bits per heavy atom. The van der Waals surface area contributed by atoms with Crippen LogP contribution in [0.25, 0.3) is 0 Å². The van der Waals surface area contributed by atoms with Gasteiger partial charge in [0.1, 0.15) is 0 Å². The predicted octanol–water partition coefficient (Wildman–Crippen LogP) is 1.52. The van der Waals surface area contributed by atoms with Crippen molar-refractivity contribution in [3.63, 3.8) is 0 Å². The third kappa shape index (κ3) is 4.21. The van der Waals surface area contributed by atoms with Gasteiger partial charge in [-0.1, -0.05) is 0 Å². The monoisotopic (exact) mass is 248 g/mol. The van der Waals surface area contributed by atoms with E-state index in [0.717, 1.165) is 25.2 Å². The highest BCUT2D eigenvalue weighted by atomic mass is 35.5. The summed E-state index contributed by atoms with van der Waals surface area (Å²) in [5.41, 5.74) is 0. The van der Waals surface area contributed by atoms with Crippen molar-refractivity contribution in [3.8, 4) is 0 Å². The van der Waals surface area contributed by atoms with E-state index in [2.05, 4.69) is 17.3 Å². The fourth-order valence-electron chi connectivity index (χ4n) is 2.76. The van der Waals surface area contributed by atoms with Gasteiger partial charge in [0.25, 0.3) is 0 Å². The summed E-state index contributed by atoms with van der Waals surface area (Å²) in [5, 5.41) is 3.42. The molecule has 1 N–H and O–H groups in total. The summed E-state index contributed by atoms with van der Waals surface area (Å²) < 4.78 is 5.53. The van der Waals surface area contributed by atoms with Gasteiger partial charge in [0.15, 0.2) is 0 Å². The van der Waals surface area contributed by atoms with Crippen LogP contribution in [0.2, 0.25) is 0 Å². The van der Waals surface area contributed by atoms with E-state index in [0.29, 0.717) is 0 Å². The molecular weight excluding hydrogens is 224 g/mol. The summed E-state index contributed by atoms with van der Waals surface area (Å²) in [6.45, 7) is 5.57. The van der Waals surface area contributed by atoms with Gasteiger partial charge in [-0.05, 0) is 51.7 Å². The SMILES string of the molecule is CN(CC1CCCOC1)C1CCNCC1.Cl. The lowest BCUT2D eigenvalue weighted by atomic mass is 9.99. The average Bonchev–Trinajstić information content (AvgIpc) is 2.31. The van der Waals surface area contributed by atoms with Crippen molar-refractivity contribution in [2.45, 2.75) is 31.7 Å². The van der Waals surface area contributed by atoms with Crippen molar-refractivity contribution >= 4 is 12.4 Å². The number of nitrogens with one attached hydrogen (secondary N) is 1. The first-order chi connectivity index (χ1) is 7.36. The van der Waals surface area contributed by atoms with Crippen LogP contribution < -0.4 is 5.32 Å². The Balaban J connectivity index is 0.00000128. The summed E-state index contributed by atoms with van der Waals surface area (Å²) in [6.07, 6.45) is 5.23. The Bertz CT molecular complexity index is 180. The molecule has 16 heavy (non-hydrogen) atoms. The average molecular weight is 249 g/mol. The Morgan fingerprint density at radius 3 is 2.62 bits per heavy atom. The van der Waals surface area contributed by atoms with Crippen LogP contribution >= 0.6 is 12.4 Å². The standard InChI is InChI=1S/C12H24N2O.ClH/c1-14(12-4-6-13-7-5-12)9-11-3-2-8-15-10-11;/h11-13H,2-10H2,1H3;1H. The quantitative estimate of drug-likeness (QED) is 0.820. The van der Waals surface area contributed by atoms with Gasteiger partial charge < -0.3 is 15.0 Å². The molecule has 2 aliphatic rings. The number of halogens is 1. The molecular formula is C12H25ClN2O. The molecule has 2 rings (SSSR count). The molecule has 2 aliphatic heterocycles. The molecule has 1 atom stereocenters. The molecule has 3 nitrogen and oxygen atoms in total. The van der Waals surface area contributed by atoms with Gasteiger partial charge in [-0.2, -0.15) is 0 Å². The van der Waals surface area contributed by atoms with Crippen molar-refractivity contribution in [1.82, 2.24) is 10.2 Å². The van der Waals surface area contributed by atoms with Gasteiger partial charge in [-0.25, -0.2) is 0 Å². The lowest BCUT2D eigenvalue weighted by Gasteiger charge is -2.35. The molecule has 0 aromatic carbocycles. The van der Waals surface area contributed by atoms with Crippen LogP contribution in [0.4, 0.5) is 0 Å². The maximum absolute atomic E-state index is 5.53. The van der Waals surface area contributed by atoms with Crippen LogP contribution in [-0.2, 0) is 4.74 Å². The van der Waals surface area contributed by atoms with Crippen molar-refractivity contribution < 1.29 is 4.74 Å². The molecule has 0 aromatic heterocycles. The smallest absolute Gasteiger partial charge is 0.0506 e. The lowest BCUT2D eigenvalue weighted by molar-refractivity contribution is 0.0338. The molecule has 0 amide bonds. The highest BCUT2D eigenvalue weighted by Gasteiger charge is 2.22. The molecule has 2 saturated heterocycles. The normalized spacial score (nSPS) is 27.8. The van der Waals surface area contributed by atoms with E-state index < -0.39 is 0 Å². The van der Waals surface area contributed by atoms with Crippen molar-refractivity contribution in [2.24, 2.45) is 5.92 Å². The van der Waals surface area contributed by atoms with Gasteiger partial charge >= 0.3 is 0 Å². The number of hydrogen-bond acceptors (Lipinski definition) is 3. The zero-order chi connectivity index (χ0) is 10.5. The highest BCUT2D eigenvalue weighted by Crippen LogP contribution is 2.17. The van der Waals surface area contributed by atoms with Gasteiger partial charge in [-0.3, -0.25) is 0 Å². The van der Waals surface area contributed by atoms with Crippen LogP contribution in [0.5, 0.6) is 0 Å². The van der Waals surface area contributed by atoms with Crippen LogP contribution in [0, 0.1) is 5.92 Å². The fraction of sp³-hybridized carbons (Fsp3) is 1.00. The summed E-state index contributed by atoms with van der Waals surface area (Å²) >= 11 is 0. The third-order valence-electron chi connectivity index (χ3n) is 3.73. The zero-order valence-electron chi connectivity index (χ0n) is 10.3. The van der Waals surface area contributed by atoms with Crippen LogP contribution in [0.1, 0.15) is 25.7 Å². The Labute approximate surface area is 105 Å². The van der Waals surface area contributed by atoms with E-state index in [1.165, 1.54) is 45.3 Å². The molecule has 0 spiro atoms.